The molecule has 6 nitrogen and oxygen atoms in total. The predicted octanol–water partition coefficient (Wildman–Crippen LogP) is 3.55. The third-order valence-corrected chi connectivity index (χ3v) is 4.99. The Balaban J connectivity index is 3.39. The highest BCUT2D eigenvalue weighted by atomic mass is 35.5. The summed E-state index contributed by atoms with van der Waals surface area (Å²) in [5.41, 5.74) is -0.495. The standard InChI is InChI=1S/C14H21ClN2O4S/c1-10(2)8-16(9-11(3)4)22(20,21)14-6-5-12(15)7-13(14)17(18)19/h5-7,10-11H,8-9H2,1-4H3. The topological polar surface area (TPSA) is 80.5 Å². The van der Waals surface area contributed by atoms with Gasteiger partial charge in [0, 0.05) is 24.2 Å². The van der Waals surface area contributed by atoms with E-state index in [1.807, 2.05) is 27.7 Å². The minimum Gasteiger partial charge on any atom is -0.258 e. The summed E-state index contributed by atoms with van der Waals surface area (Å²) in [7, 11) is -3.95. The molecule has 0 aliphatic carbocycles. The molecule has 0 unspecified atom stereocenters. The van der Waals surface area contributed by atoms with Gasteiger partial charge in [0.1, 0.15) is 0 Å². The van der Waals surface area contributed by atoms with E-state index in [-0.39, 0.29) is 21.8 Å². The summed E-state index contributed by atoms with van der Waals surface area (Å²) in [5.74, 6) is 0.222. The summed E-state index contributed by atoms with van der Waals surface area (Å²) < 4.78 is 26.9. The summed E-state index contributed by atoms with van der Waals surface area (Å²) in [5, 5.41) is 11.3. The molecule has 1 rings (SSSR count). The van der Waals surface area contributed by atoms with Crippen LogP contribution in [0.2, 0.25) is 5.02 Å². The Kier molecular flexibility index (Phi) is 6.34. The van der Waals surface area contributed by atoms with Gasteiger partial charge in [0.2, 0.25) is 10.0 Å². The van der Waals surface area contributed by atoms with Crippen molar-refractivity contribution >= 4 is 27.3 Å². The van der Waals surface area contributed by atoms with E-state index in [1.165, 1.54) is 16.4 Å². The lowest BCUT2D eigenvalue weighted by atomic mass is 10.2. The van der Waals surface area contributed by atoms with Gasteiger partial charge in [-0.05, 0) is 24.0 Å². The van der Waals surface area contributed by atoms with Crippen molar-refractivity contribution in [3.63, 3.8) is 0 Å². The van der Waals surface area contributed by atoms with Gasteiger partial charge < -0.3 is 0 Å². The Labute approximate surface area is 136 Å². The Morgan fingerprint density at radius 2 is 1.68 bits per heavy atom. The van der Waals surface area contributed by atoms with Crippen LogP contribution in [-0.4, -0.2) is 30.7 Å². The first-order valence-corrected chi connectivity index (χ1v) is 8.81. The molecule has 0 N–H and O–H groups in total. The SMILES string of the molecule is CC(C)CN(CC(C)C)S(=O)(=O)c1ccc(Cl)cc1[N+](=O)[O-]. The smallest absolute Gasteiger partial charge is 0.258 e. The van der Waals surface area contributed by atoms with Crippen LogP contribution >= 0.6 is 11.6 Å². The number of benzene rings is 1. The highest BCUT2D eigenvalue weighted by Gasteiger charge is 2.32. The maximum Gasteiger partial charge on any atom is 0.290 e. The van der Waals surface area contributed by atoms with Gasteiger partial charge in [0.25, 0.3) is 5.69 Å². The number of rotatable bonds is 7. The fraction of sp³-hybridized carbons (Fsp3) is 0.571. The molecule has 0 saturated carbocycles. The van der Waals surface area contributed by atoms with Gasteiger partial charge in [-0.2, -0.15) is 4.31 Å². The molecule has 0 fully saturated rings. The van der Waals surface area contributed by atoms with E-state index >= 15 is 0 Å². The Hall–Kier alpha value is -1.18. The number of nitro benzene ring substituents is 1. The fourth-order valence-corrected chi connectivity index (χ4v) is 4.15. The average molecular weight is 349 g/mol. The lowest BCUT2D eigenvalue weighted by molar-refractivity contribution is -0.387. The summed E-state index contributed by atoms with van der Waals surface area (Å²) in [6.07, 6.45) is 0. The van der Waals surface area contributed by atoms with Crippen LogP contribution < -0.4 is 0 Å². The Morgan fingerprint density at radius 1 is 1.18 bits per heavy atom. The third-order valence-electron chi connectivity index (χ3n) is 2.87. The number of hydrogen-bond donors (Lipinski definition) is 0. The molecule has 0 aliphatic heterocycles. The molecule has 1 aromatic rings. The van der Waals surface area contributed by atoms with E-state index in [4.69, 9.17) is 11.6 Å². The molecule has 0 amide bonds. The number of halogens is 1. The quantitative estimate of drug-likeness (QED) is 0.557. The maximum atomic E-state index is 12.8. The predicted molar refractivity (Wildman–Crippen MR) is 86.5 cm³/mol. The van der Waals surface area contributed by atoms with Gasteiger partial charge in [-0.15, -0.1) is 0 Å². The molecule has 0 radical (unpaired) electrons. The van der Waals surface area contributed by atoms with Crippen molar-refractivity contribution in [3.8, 4) is 0 Å². The first kappa shape index (κ1) is 18.9. The Morgan fingerprint density at radius 3 is 2.09 bits per heavy atom. The van der Waals surface area contributed by atoms with Crippen molar-refractivity contribution in [2.24, 2.45) is 11.8 Å². The van der Waals surface area contributed by atoms with Gasteiger partial charge in [0.05, 0.1) is 4.92 Å². The average Bonchev–Trinajstić information content (AvgIpc) is 2.36. The molecule has 0 heterocycles. The van der Waals surface area contributed by atoms with Crippen molar-refractivity contribution in [1.82, 2.24) is 4.31 Å². The van der Waals surface area contributed by atoms with Crippen LogP contribution in [0.15, 0.2) is 23.1 Å². The Bertz CT molecular complexity index is 634. The first-order valence-electron chi connectivity index (χ1n) is 6.99. The largest absolute Gasteiger partial charge is 0.290 e. The second-order valence-electron chi connectivity index (χ2n) is 5.98. The van der Waals surface area contributed by atoms with Crippen LogP contribution in [0.3, 0.4) is 0 Å². The molecule has 0 atom stereocenters. The minimum absolute atomic E-state index is 0.111. The van der Waals surface area contributed by atoms with Crippen LogP contribution in [0.25, 0.3) is 0 Å². The molecular weight excluding hydrogens is 328 g/mol. The monoisotopic (exact) mass is 348 g/mol. The van der Waals surface area contributed by atoms with E-state index in [0.717, 1.165) is 6.07 Å². The number of nitrogens with zero attached hydrogens (tertiary/aromatic N) is 2. The summed E-state index contributed by atoms with van der Waals surface area (Å²) >= 11 is 5.75. The minimum atomic E-state index is -3.95. The van der Waals surface area contributed by atoms with Crippen molar-refractivity contribution in [2.75, 3.05) is 13.1 Å². The molecule has 0 spiro atoms. The maximum absolute atomic E-state index is 12.8. The van der Waals surface area contributed by atoms with Crippen molar-refractivity contribution in [1.29, 1.82) is 0 Å². The number of hydrogen-bond acceptors (Lipinski definition) is 4. The van der Waals surface area contributed by atoms with Crippen molar-refractivity contribution < 1.29 is 13.3 Å². The highest BCUT2D eigenvalue weighted by molar-refractivity contribution is 7.89. The van der Waals surface area contributed by atoms with Crippen LogP contribution in [0.1, 0.15) is 27.7 Å². The second kappa shape index (κ2) is 7.39. The highest BCUT2D eigenvalue weighted by Crippen LogP contribution is 2.30. The lowest BCUT2D eigenvalue weighted by Gasteiger charge is -2.25. The molecule has 0 aromatic heterocycles. The van der Waals surface area contributed by atoms with Crippen LogP contribution in [0.4, 0.5) is 5.69 Å². The molecule has 8 heteroatoms. The van der Waals surface area contributed by atoms with E-state index in [0.29, 0.717) is 13.1 Å². The van der Waals surface area contributed by atoms with Gasteiger partial charge in [0.15, 0.2) is 4.90 Å². The lowest BCUT2D eigenvalue weighted by Crippen LogP contribution is -2.37. The third kappa shape index (κ3) is 4.66. The van der Waals surface area contributed by atoms with Gasteiger partial charge in [-0.3, -0.25) is 10.1 Å². The normalized spacial score (nSPS) is 12.4. The van der Waals surface area contributed by atoms with Crippen molar-refractivity contribution in [2.45, 2.75) is 32.6 Å². The zero-order valence-corrected chi connectivity index (χ0v) is 14.7. The molecule has 1 aromatic carbocycles. The molecule has 124 valence electrons. The fourth-order valence-electron chi connectivity index (χ4n) is 2.08. The molecule has 22 heavy (non-hydrogen) atoms. The molecule has 0 aliphatic rings. The van der Waals surface area contributed by atoms with E-state index in [1.54, 1.807) is 0 Å². The summed E-state index contributed by atoms with van der Waals surface area (Å²) in [6.45, 7) is 8.22. The van der Waals surface area contributed by atoms with Crippen LogP contribution in [0, 0.1) is 22.0 Å². The summed E-state index contributed by atoms with van der Waals surface area (Å²) in [6, 6.07) is 3.62. The van der Waals surface area contributed by atoms with Gasteiger partial charge >= 0.3 is 0 Å². The molecule has 0 saturated heterocycles. The zero-order chi connectivity index (χ0) is 17.1. The number of nitro groups is 1. The van der Waals surface area contributed by atoms with Crippen molar-refractivity contribution in [3.05, 3.63) is 33.3 Å². The van der Waals surface area contributed by atoms with Gasteiger partial charge in [-0.25, -0.2) is 8.42 Å². The van der Waals surface area contributed by atoms with Crippen LogP contribution in [0.5, 0.6) is 0 Å². The van der Waals surface area contributed by atoms with E-state index < -0.39 is 20.6 Å². The zero-order valence-electron chi connectivity index (χ0n) is 13.1. The number of sulfonamides is 1. The molecular formula is C14H21ClN2O4S. The van der Waals surface area contributed by atoms with E-state index in [9.17, 15) is 18.5 Å². The first-order chi connectivity index (χ1) is 10.1. The van der Waals surface area contributed by atoms with Gasteiger partial charge in [-0.1, -0.05) is 39.3 Å². The molecule has 0 bridgehead atoms. The summed E-state index contributed by atoms with van der Waals surface area (Å²) in [4.78, 5) is 10.1. The van der Waals surface area contributed by atoms with Crippen LogP contribution in [-0.2, 0) is 10.0 Å². The second-order valence-corrected chi connectivity index (χ2v) is 8.32. The van der Waals surface area contributed by atoms with E-state index in [2.05, 4.69) is 0 Å².